The fourth-order valence-corrected chi connectivity index (χ4v) is 1.80. The third kappa shape index (κ3) is 2.36. The first-order chi connectivity index (χ1) is 8.11. The second-order valence-electron chi connectivity index (χ2n) is 3.46. The number of esters is 1. The highest BCUT2D eigenvalue weighted by molar-refractivity contribution is 9.10. The third-order valence-corrected chi connectivity index (χ3v) is 2.92. The molecule has 0 unspecified atom stereocenters. The molecule has 0 atom stereocenters. The number of aromatic nitrogens is 3. The van der Waals surface area contributed by atoms with Crippen molar-refractivity contribution in [3.63, 3.8) is 0 Å². The molecule has 0 amide bonds. The molecule has 0 radical (unpaired) electrons. The molecule has 2 aromatic rings. The van der Waals surface area contributed by atoms with Crippen molar-refractivity contribution < 1.29 is 9.53 Å². The van der Waals surface area contributed by atoms with Crippen LogP contribution in [0.1, 0.15) is 16.1 Å². The fourth-order valence-electron chi connectivity index (χ4n) is 1.40. The van der Waals surface area contributed by atoms with Crippen LogP contribution in [-0.2, 0) is 4.74 Å². The summed E-state index contributed by atoms with van der Waals surface area (Å²) in [6, 6.07) is 5.31. The zero-order valence-electron chi connectivity index (χ0n) is 9.35. The number of methoxy groups -OCH3 is 1. The molecular formula is C11H10BrN3O2. The minimum atomic E-state index is -0.393. The topological polar surface area (TPSA) is 57.0 Å². The van der Waals surface area contributed by atoms with E-state index in [-0.39, 0.29) is 0 Å². The summed E-state index contributed by atoms with van der Waals surface area (Å²) in [4.78, 5) is 11.5. The lowest BCUT2D eigenvalue weighted by atomic mass is 10.2. The summed E-state index contributed by atoms with van der Waals surface area (Å²) in [5.74, 6) is -0.393. The first kappa shape index (κ1) is 11.8. The SMILES string of the molecule is COC(=O)c1cc(-n2cc(C)nn2)ccc1Br. The molecule has 0 bridgehead atoms. The maximum absolute atomic E-state index is 11.5. The highest BCUT2D eigenvalue weighted by Crippen LogP contribution is 2.21. The maximum atomic E-state index is 11.5. The lowest BCUT2D eigenvalue weighted by Crippen LogP contribution is -2.04. The van der Waals surface area contributed by atoms with Crippen LogP contribution < -0.4 is 0 Å². The van der Waals surface area contributed by atoms with Gasteiger partial charge in [0.05, 0.1) is 30.3 Å². The molecule has 0 aliphatic heterocycles. The number of hydrogen-bond acceptors (Lipinski definition) is 4. The molecule has 17 heavy (non-hydrogen) atoms. The van der Waals surface area contributed by atoms with Crippen LogP contribution in [0.25, 0.3) is 5.69 Å². The third-order valence-electron chi connectivity index (χ3n) is 2.23. The number of carbonyl (C=O) groups is 1. The molecule has 1 aromatic carbocycles. The van der Waals surface area contributed by atoms with Gasteiger partial charge in [0.15, 0.2) is 0 Å². The average molecular weight is 296 g/mol. The molecular weight excluding hydrogens is 286 g/mol. The van der Waals surface area contributed by atoms with Gasteiger partial charge >= 0.3 is 5.97 Å². The van der Waals surface area contributed by atoms with Crippen molar-refractivity contribution in [1.82, 2.24) is 15.0 Å². The zero-order chi connectivity index (χ0) is 12.4. The maximum Gasteiger partial charge on any atom is 0.339 e. The second-order valence-corrected chi connectivity index (χ2v) is 4.31. The van der Waals surface area contributed by atoms with Gasteiger partial charge in [-0.2, -0.15) is 0 Å². The van der Waals surface area contributed by atoms with Gasteiger partial charge < -0.3 is 4.74 Å². The molecule has 2 rings (SSSR count). The molecule has 0 N–H and O–H groups in total. The van der Waals surface area contributed by atoms with E-state index in [0.717, 1.165) is 11.4 Å². The Morgan fingerprint density at radius 3 is 2.82 bits per heavy atom. The van der Waals surface area contributed by atoms with Crippen LogP contribution in [-0.4, -0.2) is 28.1 Å². The number of aryl methyl sites for hydroxylation is 1. The van der Waals surface area contributed by atoms with Gasteiger partial charge in [0, 0.05) is 4.47 Å². The smallest absolute Gasteiger partial charge is 0.339 e. The zero-order valence-corrected chi connectivity index (χ0v) is 10.9. The Labute approximate surface area is 107 Å². The van der Waals surface area contributed by atoms with Gasteiger partial charge in [-0.3, -0.25) is 0 Å². The predicted octanol–water partition coefficient (Wildman–Crippen LogP) is 2.12. The van der Waals surface area contributed by atoms with Crippen LogP contribution in [0.3, 0.4) is 0 Å². The van der Waals surface area contributed by atoms with Crippen LogP contribution in [0.15, 0.2) is 28.9 Å². The van der Waals surface area contributed by atoms with Crippen molar-refractivity contribution in [3.05, 3.63) is 40.1 Å². The van der Waals surface area contributed by atoms with Crippen molar-refractivity contribution in [1.29, 1.82) is 0 Å². The van der Waals surface area contributed by atoms with Crippen LogP contribution in [0.2, 0.25) is 0 Å². The number of benzene rings is 1. The summed E-state index contributed by atoms with van der Waals surface area (Å²) in [5.41, 5.74) is 2.03. The minimum absolute atomic E-state index is 0.393. The van der Waals surface area contributed by atoms with Crippen molar-refractivity contribution in [2.24, 2.45) is 0 Å². The van der Waals surface area contributed by atoms with Crippen LogP contribution in [0.4, 0.5) is 0 Å². The van der Waals surface area contributed by atoms with Crippen molar-refractivity contribution >= 4 is 21.9 Å². The normalized spacial score (nSPS) is 10.3. The summed E-state index contributed by atoms with van der Waals surface area (Å²) >= 11 is 3.30. The molecule has 0 aliphatic carbocycles. The lowest BCUT2D eigenvalue weighted by Gasteiger charge is -2.05. The number of hydrogen-bond donors (Lipinski definition) is 0. The minimum Gasteiger partial charge on any atom is -0.465 e. The van der Waals surface area contributed by atoms with E-state index >= 15 is 0 Å². The molecule has 0 aliphatic rings. The summed E-state index contributed by atoms with van der Waals surface area (Å²) in [6.07, 6.45) is 1.78. The van der Waals surface area contributed by atoms with E-state index in [4.69, 9.17) is 4.74 Å². The van der Waals surface area contributed by atoms with Gasteiger partial charge in [0.1, 0.15) is 0 Å². The number of rotatable bonds is 2. The number of halogens is 1. The summed E-state index contributed by atoms with van der Waals surface area (Å²) in [6.45, 7) is 1.85. The van der Waals surface area contributed by atoms with Gasteiger partial charge in [-0.05, 0) is 41.1 Å². The van der Waals surface area contributed by atoms with E-state index < -0.39 is 5.97 Å². The average Bonchev–Trinajstić information content (AvgIpc) is 2.75. The van der Waals surface area contributed by atoms with Gasteiger partial charge in [0.25, 0.3) is 0 Å². The summed E-state index contributed by atoms with van der Waals surface area (Å²) in [7, 11) is 1.35. The van der Waals surface area contributed by atoms with Gasteiger partial charge in [-0.15, -0.1) is 5.10 Å². The number of nitrogens with zero attached hydrogens (tertiary/aromatic N) is 3. The largest absolute Gasteiger partial charge is 0.465 e. The lowest BCUT2D eigenvalue weighted by molar-refractivity contribution is 0.0599. The molecule has 6 heteroatoms. The van der Waals surface area contributed by atoms with E-state index in [0.29, 0.717) is 10.0 Å². The Bertz CT molecular complexity index is 566. The Morgan fingerprint density at radius 2 is 2.24 bits per heavy atom. The van der Waals surface area contributed by atoms with E-state index in [1.54, 1.807) is 23.0 Å². The van der Waals surface area contributed by atoms with E-state index in [1.165, 1.54) is 7.11 Å². The summed E-state index contributed by atoms with van der Waals surface area (Å²) in [5, 5.41) is 7.84. The number of ether oxygens (including phenoxy) is 1. The molecule has 0 spiro atoms. The highest BCUT2D eigenvalue weighted by Gasteiger charge is 2.12. The fraction of sp³-hybridized carbons (Fsp3) is 0.182. The van der Waals surface area contributed by atoms with E-state index in [2.05, 4.69) is 26.2 Å². The predicted molar refractivity (Wildman–Crippen MR) is 65.1 cm³/mol. The Kier molecular flexibility index (Phi) is 3.23. The van der Waals surface area contributed by atoms with Gasteiger partial charge in [-0.25, -0.2) is 9.48 Å². The molecule has 88 valence electrons. The first-order valence-corrected chi connectivity index (χ1v) is 5.68. The second kappa shape index (κ2) is 4.67. The number of carbonyl (C=O) groups excluding carboxylic acids is 1. The Balaban J connectivity index is 2.47. The molecule has 0 fully saturated rings. The van der Waals surface area contributed by atoms with E-state index in [9.17, 15) is 4.79 Å². The first-order valence-electron chi connectivity index (χ1n) is 4.89. The highest BCUT2D eigenvalue weighted by atomic mass is 79.9. The quantitative estimate of drug-likeness (QED) is 0.797. The molecule has 1 aromatic heterocycles. The Hall–Kier alpha value is -1.69. The van der Waals surface area contributed by atoms with E-state index in [1.807, 2.05) is 13.0 Å². The molecule has 0 saturated heterocycles. The molecule has 0 saturated carbocycles. The molecule has 1 heterocycles. The van der Waals surface area contributed by atoms with Gasteiger partial charge in [-0.1, -0.05) is 5.21 Å². The monoisotopic (exact) mass is 295 g/mol. The van der Waals surface area contributed by atoms with Crippen molar-refractivity contribution in [2.75, 3.05) is 7.11 Å². The summed E-state index contributed by atoms with van der Waals surface area (Å²) < 4.78 is 6.99. The van der Waals surface area contributed by atoms with Crippen molar-refractivity contribution in [2.45, 2.75) is 6.92 Å². The van der Waals surface area contributed by atoms with Crippen LogP contribution in [0, 0.1) is 6.92 Å². The van der Waals surface area contributed by atoms with Crippen molar-refractivity contribution in [3.8, 4) is 5.69 Å². The van der Waals surface area contributed by atoms with Crippen LogP contribution in [0.5, 0.6) is 0 Å². The van der Waals surface area contributed by atoms with Gasteiger partial charge in [0.2, 0.25) is 0 Å². The standard InChI is InChI=1S/C11H10BrN3O2/c1-7-6-15(14-13-7)8-3-4-10(12)9(5-8)11(16)17-2/h3-6H,1-2H3. The van der Waals surface area contributed by atoms with Crippen LogP contribution >= 0.6 is 15.9 Å². The molecule has 5 nitrogen and oxygen atoms in total. The Morgan fingerprint density at radius 1 is 1.47 bits per heavy atom.